The summed E-state index contributed by atoms with van der Waals surface area (Å²) in [5, 5.41) is 21.4. The van der Waals surface area contributed by atoms with Gasteiger partial charge in [0.05, 0.1) is 11.6 Å². The van der Waals surface area contributed by atoms with Gasteiger partial charge in [0.25, 0.3) is 0 Å². The molecule has 1 unspecified atom stereocenters. The molecule has 21 heavy (non-hydrogen) atoms. The van der Waals surface area contributed by atoms with Gasteiger partial charge in [-0.3, -0.25) is 0 Å². The number of hydrogen-bond donors (Lipinski definition) is 2. The van der Waals surface area contributed by atoms with Gasteiger partial charge in [0.1, 0.15) is 6.04 Å². The van der Waals surface area contributed by atoms with Gasteiger partial charge < -0.3 is 10.4 Å². The van der Waals surface area contributed by atoms with Crippen LogP contribution in [0.15, 0.2) is 29.5 Å². The molecule has 108 valence electrons. The molecule has 2 N–H and O–H groups in total. The minimum atomic E-state index is -1.48. The molecule has 0 spiro atoms. The number of nitrogens with one attached hydrogen (secondary N) is 1. The van der Waals surface area contributed by atoms with Crippen LogP contribution in [0.3, 0.4) is 0 Å². The molecular formula is C13H9Cl2N3O3. The highest BCUT2D eigenvalue weighted by Crippen LogP contribution is 2.35. The first-order valence-electron chi connectivity index (χ1n) is 5.75. The van der Waals surface area contributed by atoms with Gasteiger partial charge in [-0.25, -0.2) is 14.5 Å². The van der Waals surface area contributed by atoms with Crippen LogP contribution in [0.25, 0.3) is 0 Å². The number of benzene rings is 1. The molecular weight excluding hydrogens is 317 g/mol. The van der Waals surface area contributed by atoms with Gasteiger partial charge in [-0.15, -0.1) is 0 Å². The summed E-state index contributed by atoms with van der Waals surface area (Å²) in [6.45, 7) is 1.52. The van der Waals surface area contributed by atoms with Crippen LogP contribution in [-0.2, 0) is 0 Å². The lowest BCUT2D eigenvalue weighted by molar-refractivity contribution is 0.136. The molecule has 6 nitrogen and oxygen atoms in total. The molecule has 0 bridgehead atoms. The van der Waals surface area contributed by atoms with Crippen LogP contribution in [0.5, 0.6) is 0 Å². The molecule has 1 aliphatic heterocycles. The first-order chi connectivity index (χ1) is 9.85. The number of halogens is 2. The Hall–Kier alpha value is -2.23. The molecule has 0 fully saturated rings. The molecule has 1 aromatic rings. The Balaban J connectivity index is 2.68. The summed E-state index contributed by atoms with van der Waals surface area (Å²) >= 11 is 11.8. The van der Waals surface area contributed by atoms with E-state index in [1.54, 1.807) is 0 Å². The van der Waals surface area contributed by atoms with E-state index in [1.165, 1.54) is 25.1 Å². The van der Waals surface area contributed by atoms with Crippen LogP contribution in [0, 0.1) is 11.3 Å². The van der Waals surface area contributed by atoms with Crippen molar-refractivity contribution in [3.63, 3.8) is 0 Å². The molecule has 0 radical (unpaired) electrons. The van der Waals surface area contributed by atoms with Crippen LogP contribution in [-0.4, -0.2) is 22.1 Å². The van der Waals surface area contributed by atoms with Crippen molar-refractivity contribution in [2.24, 2.45) is 0 Å². The van der Waals surface area contributed by atoms with Crippen molar-refractivity contribution in [2.75, 3.05) is 0 Å². The number of amides is 3. The third-order valence-electron chi connectivity index (χ3n) is 2.98. The van der Waals surface area contributed by atoms with E-state index in [1.807, 2.05) is 6.07 Å². The number of carbonyl (C=O) groups is 2. The van der Waals surface area contributed by atoms with E-state index >= 15 is 0 Å². The molecule has 0 aliphatic carbocycles. The van der Waals surface area contributed by atoms with Gasteiger partial charge >= 0.3 is 12.1 Å². The molecule has 1 aromatic carbocycles. The highest BCUT2D eigenvalue weighted by atomic mass is 35.5. The second-order valence-corrected chi connectivity index (χ2v) is 5.21. The van der Waals surface area contributed by atoms with E-state index in [-0.39, 0.29) is 15.6 Å². The molecule has 1 heterocycles. The standard InChI is InChI=1S/C13H9Cl2N3O3/c1-6-10(5-16)11(18(13(20)21)12(19)17-6)7-2-8(14)4-9(15)3-7/h2-4,11H,1H3,(H,17,19)(H,20,21). The van der Waals surface area contributed by atoms with Crippen molar-refractivity contribution in [3.05, 3.63) is 45.1 Å². The van der Waals surface area contributed by atoms with Gasteiger partial charge in [-0.05, 0) is 30.7 Å². The molecule has 0 aromatic heterocycles. The normalized spacial score (nSPS) is 18.3. The maximum absolute atomic E-state index is 11.9. The van der Waals surface area contributed by atoms with E-state index in [0.29, 0.717) is 16.2 Å². The minimum Gasteiger partial charge on any atom is -0.465 e. The monoisotopic (exact) mass is 325 g/mol. The molecule has 1 aliphatic rings. The molecule has 1 atom stereocenters. The largest absolute Gasteiger partial charge is 0.465 e. The van der Waals surface area contributed by atoms with Gasteiger partial charge in [0.15, 0.2) is 0 Å². The SMILES string of the molecule is CC1=C(C#N)C(c2cc(Cl)cc(Cl)c2)N(C(=O)O)C(=O)N1. The van der Waals surface area contributed by atoms with Crippen LogP contribution in [0.4, 0.5) is 9.59 Å². The third kappa shape index (κ3) is 2.79. The maximum Gasteiger partial charge on any atom is 0.416 e. The fourth-order valence-corrected chi connectivity index (χ4v) is 2.67. The molecule has 0 saturated heterocycles. The van der Waals surface area contributed by atoms with Gasteiger partial charge in [0, 0.05) is 15.7 Å². The second kappa shape index (κ2) is 5.64. The van der Waals surface area contributed by atoms with Crippen LogP contribution in [0.1, 0.15) is 18.5 Å². The summed E-state index contributed by atoms with van der Waals surface area (Å²) in [5.74, 6) is 0. The fraction of sp³-hybridized carbons (Fsp3) is 0.154. The van der Waals surface area contributed by atoms with Gasteiger partial charge in [-0.1, -0.05) is 23.2 Å². The third-order valence-corrected chi connectivity index (χ3v) is 3.41. The number of carbonyl (C=O) groups excluding carboxylic acids is 1. The highest BCUT2D eigenvalue weighted by molar-refractivity contribution is 6.34. The van der Waals surface area contributed by atoms with Crippen LogP contribution < -0.4 is 5.32 Å². The minimum absolute atomic E-state index is 0.107. The number of carboxylic acid groups (broad SMARTS) is 1. The van der Waals surface area contributed by atoms with Crippen molar-refractivity contribution in [3.8, 4) is 6.07 Å². The van der Waals surface area contributed by atoms with E-state index in [2.05, 4.69) is 5.32 Å². The zero-order valence-corrected chi connectivity index (χ0v) is 12.2. The van der Waals surface area contributed by atoms with E-state index in [0.717, 1.165) is 0 Å². The fourth-order valence-electron chi connectivity index (χ4n) is 2.13. The Morgan fingerprint density at radius 1 is 1.38 bits per heavy atom. The summed E-state index contributed by atoms with van der Waals surface area (Å²) < 4.78 is 0. The van der Waals surface area contributed by atoms with Crippen molar-refractivity contribution in [1.29, 1.82) is 5.26 Å². The van der Waals surface area contributed by atoms with Gasteiger partial charge in [0.2, 0.25) is 0 Å². The Bertz CT molecular complexity index is 689. The lowest BCUT2D eigenvalue weighted by Crippen LogP contribution is -2.49. The van der Waals surface area contributed by atoms with Crippen molar-refractivity contribution < 1.29 is 14.7 Å². The highest BCUT2D eigenvalue weighted by Gasteiger charge is 2.39. The number of rotatable bonds is 1. The average Bonchev–Trinajstić information content (AvgIpc) is 2.36. The summed E-state index contributed by atoms with van der Waals surface area (Å²) in [6.07, 6.45) is -1.48. The first-order valence-corrected chi connectivity index (χ1v) is 6.50. The maximum atomic E-state index is 11.9. The van der Waals surface area contributed by atoms with Crippen LogP contribution in [0.2, 0.25) is 10.0 Å². The predicted octanol–water partition coefficient (Wildman–Crippen LogP) is 3.54. The van der Waals surface area contributed by atoms with Crippen LogP contribution >= 0.6 is 23.2 Å². The summed E-state index contributed by atoms with van der Waals surface area (Å²) in [5.41, 5.74) is 0.747. The quantitative estimate of drug-likeness (QED) is 0.825. The summed E-state index contributed by atoms with van der Waals surface area (Å²) in [6, 6.07) is 4.42. The number of imide groups is 1. The molecule has 0 saturated carbocycles. The Labute approximate surface area is 130 Å². The van der Waals surface area contributed by atoms with E-state index in [4.69, 9.17) is 23.2 Å². The second-order valence-electron chi connectivity index (χ2n) is 4.34. The Morgan fingerprint density at radius 2 is 1.95 bits per heavy atom. The number of nitriles is 1. The van der Waals surface area contributed by atoms with Gasteiger partial charge in [-0.2, -0.15) is 5.26 Å². The topological polar surface area (TPSA) is 93.4 Å². The van der Waals surface area contributed by atoms with E-state index in [9.17, 15) is 20.0 Å². The molecule has 2 rings (SSSR count). The van der Waals surface area contributed by atoms with E-state index < -0.39 is 18.2 Å². The van der Waals surface area contributed by atoms with Crippen molar-refractivity contribution in [2.45, 2.75) is 13.0 Å². The zero-order valence-electron chi connectivity index (χ0n) is 10.7. The number of urea groups is 1. The molecule has 8 heteroatoms. The lowest BCUT2D eigenvalue weighted by Gasteiger charge is -2.33. The molecule has 3 amide bonds. The smallest absolute Gasteiger partial charge is 0.416 e. The number of hydrogen-bond acceptors (Lipinski definition) is 3. The number of nitrogens with zero attached hydrogens (tertiary/aromatic N) is 2. The summed E-state index contributed by atoms with van der Waals surface area (Å²) in [4.78, 5) is 23.8. The predicted molar refractivity (Wildman–Crippen MR) is 75.9 cm³/mol. The zero-order chi connectivity index (χ0) is 15.7. The first kappa shape index (κ1) is 15.2. The summed E-state index contributed by atoms with van der Waals surface area (Å²) in [7, 11) is 0. The Kier molecular flexibility index (Phi) is 4.07. The average molecular weight is 326 g/mol. The van der Waals surface area contributed by atoms with Crippen molar-refractivity contribution >= 4 is 35.3 Å². The van der Waals surface area contributed by atoms with Crippen molar-refractivity contribution in [1.82, 2.24) is 10.2 Å². The lowest BCUT2D eigenvalue weighted by atomic mass is 9.95. The Morgan fingerprint density at radius 3 is 2.43 bits per heavy atom. The number of allylic oxidation sites excluding steroid dienone is 1.